The van der Waals surface area contributed by atoms with Crippen molar-refractivity contribution in [3.8, 4) is 0 Å². The Morgan fingerprint density at radius 1 is 1.45 bits per heavy atom. The Hall–Kier alpha value is -0.870. The lowest BCUT2D eigenvalue weighted by atomic mass is 9.87. The molecule has 1 aromatic heterocycles. The Kier molecular flexibility index (Phi) is 3.87. The molecule has 5 unspecified atom stereocenters. The predicted octanol–water partition coefficient (Wildman–Crippen LogP) is 2.18. The quantitative estimate of drug-likeness (QED) is 0.896. The molecular formula is C16H28N4. The van der Waals surface area contributed by atoms with Gasteiger partial charge in [-0.25, -0.2) is 0 Å². The summed E-state index contributed by atoms with van der Waals surface area (Å²) in [6.45, 7) is 3.29. The number of nitrogens with zero attached hydrogens (tertiary/aromatic N) is 3. The van der Waals surface area contributed by atoms with Crippen molar-refractivity contribution in [1.29, 1.82) is 0 Å². The third-order valence-electron chi connectivity index (χ3n) is 5.45. The van der Waals surface area contributed by atoms with Gasteiger partial charge in [-0.1, -0.05) is 6.42 Å². The van der Waals surface area contributed by atoms with Crippen LogP contribution in [0.2, 0.25) is 0 Å². The van der Waals surface area contributed by atoms with Crippen LogP contribution in [0.15, 0.2) is 12.4 Å². The zero-order valence-electron chi connectivity index (χ0n) is 13.0. The van der Waals surface area contributed by atoms with Crippen molar-refractivity contribution in [2.24, 2.45) is 30.5 Å². The molecule has 112 valence electrons. The molecule has 2 fully saturated rings. The first-order valence-electron chi connectivity index (χ1n) is 7.99. The van der Waals surface area contributed by atoms with Crippen molar-refractivity contribution in [2.75, 3.05) is 13.6 Å². The second-order valence-electron chi connectivity index (χ2n) is 7.13. The van der Waals surface area contributed by atoms with Gasteiger partial charge in [0.25, 0.3) is 0 Å². The Labute approximate surface area is 122 Å². The monoisotopic (exact) mass is 276 g/mol. The van der Waals surface area contributed by atoms with Crippen LogP contribution in [-0.4, -0.2) is 34.3 Å². The lowest BCUT2D eigenvalue weighted by molar-refractivity contribution is 0.158. The molecule has 2 aliphatic carbocycles. The molecule has 0 aromatic carbocycles. The van der Waals surface area contributed by atoms with Gasteiger partial charge < -0.3 is 5.73 Å². The molecule has 5 atom stereocenters. The van der Waals surface area contributed by atoms with Crippen LogP contribution in [0.4, 0.5) is 0 Å². The molecule has 0 saturated heterocycles. The summed E-state index contributed by atoms with van der Waals surface area (Å²) in [4.78, 5) is 2.47. The summed E-state index contributed by atoms with van der Waals surface area (Å²) in [5.41, 5.74) is 7.49. The van der Waals surface area contributed by atoms with E-state index < -0.39 is 0 Å². The van der Waals surface area contributed by atoms with Crippen molar-refractivity contribution in [3.63, 3.8) is 0 Å². The van der Waals surface area contributed by atoms with E-state index >= 15 is 0 Å². The molecule has 0 amide bonds. The molecule has 0 aliphatic heterocycles. The molecule has 2 saturated carbocycles. The first-order valence-corrected chi connectivity index (χ1v) is 7.99. The molecule has 2 N–H and O–H groups in total. The smallest absolute Gasteiger partial charge is 0.0538 e. The van der Waals surface area contributed by atoms with Gasteiger partial charge in [0.05, 0.1) is 12.2 Å². The topological polar surface area (TPSA) is 47.1 Å². The molecular weight excluding hydrogens is 248 g/mol. The second kappa shape index (κ2) is 5.49. The molecule has 0 radical (unpaired) electrons. The Morgan fingerprint density at radius 3 is 2.75 bits per heavy atom. The second-order valence-corrected chi connectivity index (χ2v) is 7.13. The fourth-order valence-corrected chi connectivity index (χ4v) is 4.64. The molecule has 4 heteroatoms. The summed E-state index contributed by atoms with van der Waals surface area (Å²) in [7, 11) is 4.20. The van der Waals surface area contributed by atoms with E-state index in [4.69, 9.17) is 5.73 Å². The summed E-state index contributed by atoms with van der Waals surface area (Å²) in [6, 6.07) is 0.408. The summed E-state index contributed by atoms with van der Waals surface area (Å²) in [5, 5.41) is 4.31. The average molecular weight is 276 g/mol. The maximum absolute atomic E-state index is 6.25. The maximum Gasteiger partial charge on any atom is 0.0538 e. The molecule has 3 rings (SSSR count). The first-order chi connectivity index (χ1) is 9.54. The number of hydrogen-bond donors (Lipinski definition) is 1. The van der Waals surface area contributed by atoms with Gasteiger partial charge in [-0.2, -0.15) is 5.10 Å². The number of rotatable bonds is 5. The normalized spacial score (nSPS) is 31.9. The van der Waals surface area contributed by atoms with Crippen molar-refractivity contribution in [2.45, 2.75) is 44.7 Å². The van der Waals surface area contributed by atoms with Crippen LogP contribution in [0, 0.1) is 17.8 Å². The minimum absolute atomic E-state index is 0.128. The Bertz CT molecular complexity index is 453. The lowest BCUT2D eigenvalue weighted by Crippen LogP contribution is -2.40. The van der Waals surface area contributed by atoms with Gasteiger partial charge in [0.15, 0.2) is 0 Å². The SMILES string of the molecule is CC(N)C(c1cnn(C)c1)N(C)CC1CC2CCC1C2. The summed E-state index contributed by atoms with van der Waals surface area (Å²) in [6.07, 6.45) is 9.92. The maximum atomic E-state index is 6.25. The Balaban J connectivity index is 1.68. The van der Waals surface area contributed by atoms with E-state index in [1.165, 1.54) is 37.8 Å². The minimum Gasteiger partial charge on any atom is -0.326 e. The van der Waals surface area contributed by atoms with E-state index in [1.54, 1.807) is 0 Å². The van der Waals surface area contributed by atoms with Crippen molar-refractivity contribution in [3.05, 3.63) is 18.0 Å². The van der Waals surface area contributed by atoms with Crippen LogP contribution in [0.3, 0.4) is 0 Å². The van der Waals surface area contributed by atoms with E-state index in [9.17, 15) is 0 Å². The van der Waals surface area contributed by atoms with E-state index in [0.717, 1.165) is 17.8 Å². The number of aromatic nitrogens is 2. The lowest BCUT2D eigenvalue weighted by Gasteiger charge is -2.34. The third-order valence-corrected chi connectivity index (χ3v) is 5.45. The minimum atomic E-state index is 0.128. The van der Waals surface area contributed by atoms with E-state index in [0.29, 0.717) is 0 Å². The highest BCUT2D eigenvalue weighted by molar-refractivity contribution is 5.13. The number of fused-ring (bicyclic) bond motifs is 2. The largest absolute Gasteiger partial charge is 0.326 e. The van der Waals surface area contributed by atoms with Crippen LogP contribution in [0.5, 0.6) is 0 Å². The van der Waals surface area contributed by atoms with Gasteiger partial charge >= 0.3 is 0 Å². The number of nitrogens with two attached hydrogens (primary N) is 1. The van der Waals surface area contributed by atoms with Gasteiger partial charge in [-0.3, -0.25) is 9.58 Å². The van der Waals surface area contributed by atoms with Crippen molar-refractivity contribution in [1.82, 2.24) is 14.7 Å². The van der Waals surface area contributed by atoms with E-state index in [-0.39, 0.29) is 12.1 Å². The highest BCUT2D eigenvalue weighted by atomic mass is 15.2. The number of likely N-dealkylation sites (N-methyl/N-ethyl adjacent to an activating group) is 1. The number of aryl methyl sites for hydroxylation is 1. The van der Waals surface area contributed by atoms with Crippen LogP contribution < -0.4 is 5.73 Å². The standard InChI is InChI=1S/C16H28N4/c1-11(17)16(15-8-18-20(3)10-15)19(2)9-14-7-12-4-5-13(14)6-12/h8,10-14,16H,4-7,9,17H2,1-3H3. The van der Waals surface area contributed by atoms with Crippen molar-refractivity contribution < 1.29 is 0 Å². The van der Waals surface area contributed by atoms with E-state index in [1.807, 2.05) is 17.9 Å². The van der Waals surface area contributed by atoms with Gasteiger partial charge in [-0.05, 0) is 51.0 Å². The van der Waals surface area contributed by atoms with Crippen LogP contribution >= 0.6 is 0 Å². The van der Waals surface area contributed by atoms with Gasteiger partial charge in [0.2, 0.25) is 0 Å². The highest BCUT2D eigenvalue weighted by Crippen LogP contribution is 2.48. The average Bonchev–Trinajstić information content (AvgIpc) is 3.06. The molecule has 0 spiro atoms. The summed E-state index contributed by atoms with van der Waals surface area (Å²) >= 11 is 0. The molecule has 2 aliphatic rings. The molecule has 1 heterocycles. The molecule has 4 nitrogen and oxygen atoms in total. The van der Waals surface area contributed by atoms with Crippen LogP contribution in [0.25, 0.3) is 0 Å². The first kappa shape index (κ1) is 14.1. The van der Waals surface area contributed by atoms with Gasteiger partial charge in [-0.15, -0.1) is 0 Å². The fourth-order valence-electron chi connectivity index (χ4n) is 4.64. The van der Waals surface area contributed by atoms with Crippen LogP contribution in [-0.2, 0) is 7.05 Å². The third kappa shape index (κ3) is 2.63. The van der Waals surface area contributed by atoms with Gasteiger partial charge in [0, 0.05) is 31.4 Å². The predicted molar refractivity (Wildman–Crippen MR) is 81.2 cm³/mol. The fraction of sp³-hybridized carbons (Fsp3) is 0.812. The van der Waals surface area contributed by atoms with E-state index in [2.05, 4.69) is 30.2 Å². The highest BCUT2D eigenvalue weighted by Gasteiger charge is 2.40. The summed E-state index contributed by atoms with van der Waals surface area (Å²) in [5.74, 6) is 2.88. The summed E-state index contributed by atoms with van der Waals surface area (Å²) < 4.78 is 1.87. The number of hydrogen-bond acceptors (Lipinski definition) is 3. The molecule has 20 heavy (non-hydrogen) atoms. The Morgan fingerprint density at radius 2 is 2.25 bits per heavy atom. The van der Waals surface area contributed by atoms with Crippen molar-refractivity contribution >= 4 is 0 Å². The zero-order chi connectivity index (χ0) is 14.3. The molecule has 2 bridgehead atoms. The molecule has 1 aromatic rings. The zero-order valence-corrected chi connectivity index (χ0v) is 13.0. The van der Waals surface area contributed by atoms with Crippen LogP contribution in [0.1, 0.15) is 44.2 Å². The van der Waals surface area contributed by atoms with Gasteiger partial charge in [0.1, 0.15) is 0 Å².